The van der Waals surface area contributed by atoms with Gasteiger partial charge in [0.25, 0.3) is 0 Å². The average molecular weight is 380 g/mol. The number of amides is 1. The van der Waals surface area contributed by atoms with E-state index in [-0.39, 0.29) is 22.5 Å². The van der Waals surface area contributed by atoms with Gasteiger partial charge in [0.05, 0.1) is 22.8 Å². The molecule has 0 unspecified atom stereocenters. The van der Waals surface area contributed by atoms with Crippen LogP contribution < -0.4 is 10.6 Å². The number of alkyl halides is 3. The Balaban J connectivity index is 2.14. The molecule has 0 aliphatic carbocycles. The maximum Gasteiger partial charge on any atom is 0.416 e. The standard InChI is InChI=1S/C15H17ClF3N3OS/c1-8(2)12(13(23)22-14-20-5-6-24-14)21-11-4-3-9(7-10(11)16)15(17,18)19/h3-4,7-8,12,21H,5-6H2,1-2H3,(H,20,22,23)/t12-/m0/s1. The molecule has 1 aliphatic heterocycles. The third kappa shape index (κ3) is 4.80. The van der Waals surface area contributed by atoms with Crippen LogP contribution in [0.3, 0.4) is 0 Å². The summed E-state index contributed by atoms with van der Waals surface area (Å²) in [5.74, 6) is 0.421. The molecule has 0 saturated carbocycles. The molecule has 0 aromatic heterocycles. The van der Waals surface area contributed by atoms with Gasteiger partial charge in [0.1, 0.15) is 6.04 Å². The third-order valence-corrected chi connectivity index (χ3v) is 4.58. The molecule has 1 aliphatic rings. The van der Waals surface area contributed by atoms with Gasteiger partial charge in [-0.2, -0.15) is 13.2 Å². The smallest absolute Gasteiger partial charge is 0.372 e. The van der Waals surface area contributed by atoms with Gasteiger partial charge in [-0.15, -0.1) is 0 Å². The van der Waals surface area contributed by atoms with E-state index in [0.717, 1.165) is 17.9 Å². The van der Waals surface area contributed by atoms with Crippen molar-refractivity contribution < 1.29 is 18.0 Å². The normalized spacial score (nSPS) is 16.0. The third-order valence-electron chi connectivity index (χ3n) is 3.37. The Morgan fingerprint density at radius 1 is 1.38 bits per heavy atom. The first-order valence-electron chi connectivity index (χ1n) is 7.30. The summed E-state index contributed by atoms with van der Waals surface area (Å²) in [5.41, 5.74) is -0.556. The van der Waals surface area contributed by atoms with Crippen LogP contribution in [0.5, 0.6) is 0 Å². The zero-order chi connectivity index (χ0) is 17.9. The number of amidine groups is 1. The second-order valence-electron chi connectivity index (χ2n) is 5.58. The van der Waals surface area contributed by atoms with E-state index in [1.165, 1.54) is 17.8 Å². The highest BCUT2D eigenvalue weighted by molar-refractivity contribution is 8.14. The van der Waals surface area contributed by atoms with Crippen LogP contribution in [0.1, 0.15) is 19.4 Å². The zero-order valence-corrected chi connectivity index (χ0v) is 14.6. The first-order valence-corrected chi connectivity index (χ1v) is 8.66. The van der Waals surface area contributed by atoms with Crippen molar-refractivity contribution in [2.75, 3.05) is 17.6 Å². The highest BCUT2D eigenvalue weighted by atomic mass is 35.5. The molecule has 24 heavy (non-hydrogen) atoms. The summed E-state index contributed by atoms with van der Waals surface area (Å²) in [6.07, 6.45) is -4.46. The lowest BCUT2D eigenvalue weighted by Gasteiger charge is -2.23. The lowest BCUT2D eigenvalue weighted by atomic mass is 10.0. The molecule has 0 radical (unpaired) electrons. The second kappa shape index (κ2) is 7.65. The van der Waals surface area contributed by atoms with Crippen LogP contribution >= 0.6 is 23.4 Å². The predicted molar refractivity (Wildman–Crippen MR) is 91.6 cm³/mol. The largest absolute Gasteiger partial charge is 0.416 e. The summed E-state index contributed by atoms with van der Waals surface area (Å²) in [5, 5.41) is 6.12. The summed E-state index contributed by atoms with van der Waals surface area (Å²) in [7, 11) is 0. The van der Waals surface area contributed by atoms with E-state index < -0.39 is 17.8 Å². The van der Waals surface area contributed by atoms with Gasteiger partial charge in [0, 0.05) is 5.75 Å². The maximum absolute atomic E-state index is 12.7. The average Bonchev–Trinajstić information content (AvgIpc) is 2.97. The number of aliphatic imine (C=N–C) groups is 1. The molecular formula is C15H17ClF3N3OS. The minimum absolute atomic E-state index is 0.0872. The van der Waals surface area contributed by atoms with E-state index in [1.807, 2.05) is 13.8 Å². The number of benzene rings is 1. The Kier molecular flexibility index (Phi) is 6.03. The Bertz CT molecular complexity index is 649. The van der Waals surface area contributed by atoms with Gasteiger partial charge in [-0.3, -0.25) is 9.79 Å². The van der Waals surface area contributed by atoms with Crippen LogP contribution in [0.25, 0.3) is 0 Å². The molecule has 0 bridgehead atoms. The summed E-state index contributed by atoms with van der Waals surface area (Å²) >= 11 is 7.39. The summed E-state index contributed by atoms with van der Waals surface area (Å²) in [4.78, 5) is 16.5. The molecule has 2 N–H and O–H groups in total. The first kappa shape index (κ1) is 18.9. The van der Waals surface area contributed by atoms with E-state index in [1.54, 1.807) is 0 Å². The molecule has 1 heterocycles. The van der Waals surface area contributed by atoms with Crippen molar-refractivity contribution >= 4 is 40.1 Å². The number of rotatable bonds is 4. The summed E-state index contributed by atoms with van der Waals surface area (Å²) in [6.45, 7) is 4.32. The van der Waals surface area contributed by atoms with Gasteiger partial charge in [-0.25, -0.2) is 0 Å². The Labute approximate surface area is 147 Å². The molecule has 0 saturated heterocycles. The monoisotopic (exact) mass is 379 g/mol. The fourth-order valence-electron chi connectivity index (χ4n) is 2.10. The van der Waals surface area contributed by atoms with Crippen molar-refractivity contribution in [1.82, 2.24) is 5.32 Å². The minimum Gasteiger partial charge on any atom is -0.372 e. The van der Waals surface area contributed by atoms with Gasteiger partial charge in [0.15, 0.2) is 5.17 Å². The molecule has 4 nitrogen and oxygen atoms in total. The molecule has 1 atom stereocenters. The SMILES string of the molecule is CC(C)[C@H](Nc1ccc(C(F)(F)F)cc1Cl)C(=O)NC1=NCCS1. The molecule has 1 amide bonds. The molecular weight excluding hydrogens is 363 g/mol. The van der Waals surface area contributed by atoms with Crippen LogP contribution in [-0.4, -0.2) is 29.4 Å². The van der Waals surface area contributed by atoms with Crippen LogP contribution in [0.15, 0.2) is 23.2 Å². The van der Waals surface area contributed by atoms with Crippen molar-refractivity contribution in [3.8, 4) is 0 Å². The number of carbonyl (C=O) groups excluding carboxylic acids is 1. The molecule has 2 rings (SSSR count). The fourth-order valence-corrected chi connectivity index (χ4v) is 3.07. The molecule has 1 aromatic carbocycles. The van der Waals surface area contributed by atoms with Crippen molar-refractivity contribution in [3.63, 3.8) is 0 Å². The number of hydrogen-bond acceptors (Lipinski definition) is 4. The predicted octanol–water partition coefficient (Wildman–Crippen LogP) is 4.01. The van der Waals surface area contributed by atoms with Gasteiger partial charge in [0.2, 0.25) is 5.91 Å². The molecule has 0 spiro atoms. The number of thioether (sulfide) groups is 1. The maximum atomic E-state index is 12.7. The lowest BCUT2D eigenvalue weighted by molar-refractivity contribution is -0.137. The van der Waals surface area contributed by atoms with E-state index in [2.05, 4.69) is 15.6 Å². The van der Waals surface area contributed by atoms with Crippen LogP contribution in [0, 0.1) is 5.92 Å². The summed E-state index contributed by atoms with van der Waals surface area (Å²) in [6, 6.07) is 2.36. The van der Waals surface area contributed by atoms with Gasteiger partial charge in [-0.05, 0) is 24.1 Å². The number of nitrogens with one attached hydrogen (secondary N) is 2. The number of anilines is 1. The molecule has 0 fully saturated rings. The Hall–Kier alpha value is -1.41. The summed E-state index contributed by atoms with van der Waals surface area (Å²) < 4.78 is 38.1. The first-order chi connectivity index (χ1) is 11.2. The zero-order valence-electron chi connectivity index (χ0n) is 13.1. The second-order valence-corrected chi connectivity index (χ2v) is 7.07. The van der Waals surface area contributed by atoms with Crippen molar-refractivity contribution in [1.29, 1.82) is 0 Å². The number of hydrogen-bond donors (Lipinski definition) is 2. The number of carbonyl (C=O) groups is 1. The molecule has 1 aromatic rings. The van der Waals surface area contributed by atoms with Crippen LogP contribution in [-0.2, 0) is 11.0 Å². The van der Waals surface area contributed by atoms with Crippen molar-refractivity contribution in [2.45, 2.75) is 26.1 Å². The molecule has 132 valence electrons. The van der Waals surface area contributed by atoms with E-state index >= 15 is 0 Å². The van der Waals surface area contributed by atoms with E-state index in [4.69, 9.17) is 11.6 Å². The highest BCUT2D eigenvalue weighted by Gasteiger charge is 2.31. The van der Waals surface area contributed by atoms with Crippen LogP contribution in [0.4, 0.5) is 18.9 Å². The van der Waals surface area contributed by atoms with Crippen molar-refractivity contribution in [2.24, 2.45) is 10.9 Å². The topological polar surface area (TPSA) is 53.5 Å². The van der Waals surface area contributed by atoms with E-state index in [9.17, 15) is 18.0 Å². The van der Waals surface area contributed by atoms with Crippen LogP contribution in [0.2, 0.25) is 5.02 Å². The van der Waals surface area contributed by atoms with Gasteiger partial charge < -0.3 is 10.6 Å². The Morgan fingerprint density at radius 3 is 2.58 bits per heavy atom. The number of nitrogens with zero attached hydrogens (tertiary/aromatic N) is 1. The minimum atomic E-state index is -4.46. The lowest BCUT2D eigenvalue weighted by Crippen LogP contribution is -2.44. The van der Waals surface area contributed by atoms with Gasteiger partial charge >= 0.3 is 6.18 Å². The fraction of sp³-hybridized carbons (Fsp3) is 0.467. The quantitative estimate of drug-likeness (QED) is 0.831. The number of halogens is 4. The van der Waals surface area contributed by atoms with Crippen molar-refractivity contribution in [3.05, 3.63) is 28.8 Å². The van der Waals surface area contributed by atoms with Gasteiger partial charge in [-0.1, -0.05) is 37.2 Å². The van der Waals surface area contributed by atoms with E-state index in [0.29, 0.717) is 11.7 Å². The Morgan fingerprint density at radius 2 is 2.08 bits per heavy atom. The highest BCUT2D eigenvalue weighted by Crippen LogP contribution is 2.34. The molecule has 9 heteroatoms.